The summed E-state index contributed by atoms with van der Waals surface area (Å²) in [4.78, 5) is 0. The maximum absolute atomic E-state index is 3.53. The van der Waals surface area contributed by atoms with Crippen LogP contribution in [0.15, 0.2) is 0 Å². The SMILES string of the molecule is CCCC(CCC1CCCNC1)C(C)CC. The topological polar surface area (TPSA) is 12.0 Å². The molecule has 96 valence electrons. The molecule has 0 saturated carbocycles. The molecule has 3 atom stereocenters. The lowest BCUT2D eigenvalue weighted by Crippen LogP contribution is -2.30. The van der Waals surface area contributed by atoms with Gasteiger partial charge < -0.3 is 5.32 Å². The molecule has 1 fully saturated rings. The molecule has 3 unspecified atom stereocenters. The quantitative estimate of drug-likeness (QED) is 0.684. The molecule has 1 heterocycles. The second-order valence-electron chi connectivity index (χ2n) is 5.72. The third-order valence-electron chi connectivity index (χ3n) is 4.45. The van der Waals surface area contributed by atoms with Crippen LogP contribution in [0.4, 0.5) is 0 Å². The molecule has 1 aliphatic rings. The van der Waals surface area contributed by atoms with Crippen LogP contribution in [0.1, 0.15) is 65.7 Å². The highest BCUT2D eigenvalue weighted by atomic mass is 14.9. The summed E-state index contributed by atoms with van der Waals surface area (Å²) in [6.07, 6.45) is 9.94. The molecular formula is C15H31N. The summed E-state index contributed by atoms with van der Waals surface area (Å²) in [6.45, 7) is 9.64. The van der Waals surface area contributed by atoms with E-state index in [4.69, 9.17) is 0 Å². The van der Waals surface area contributed by atoms with E-state index < -0.39 is 0 Å². The molecule has 1 N–H and O–H groups in total. The highest BCUT2D eigenvalue weighted by Crippen LogP contribution is 2.28. The van der Waals surface area contributed by atoms with E-state index in [-0.39, 0.29) is 0 Å². The summed E-state index contributed by atoms with van der Waals surface area (Å²) >= 11 is 0. The van der Waals surface area contributed by atoms with Crippen molar-refractivity contribution in [2.75, 3.05) is 13.1 Å². The van der Waals surface area contributed by atoms with Crippen molar-refractivity contribution in [3.8, 4) is 0 Å². The molecule has 1 nitrogen and oxygen atoms in total. The summed E-state index contributed by atoms with van der Waals surface area (Å²) in [7, 11) is 0. The molecule has 0 amide bonds. The molecule has 1 rings (SSSR count). The minimum absolute atomic E-state index is 0.927. The third kappa shape index (κ3) is 4.86. The number of rotatable bonds is 7. The first-order valence-corrected chi connectivity index (χ1v) is 7.48. The van der Waals surface area contributed by atoms with E-state index in [9.17, 15) is 0 Å². The van der Waals surface area contributed by atoms with Crippen LogP contribution in [-0.2, 0) is 0 Å². The predicted octanol–water partition coefficient (Wildman–Crippen LogP) is 4.23. The van der Waals surface area contributed by atoms with Crippen LogP contribution >= 0.6 is 0 Å². The van der Waals surface area contributed by atoms with Crippen LogP contribution in [-0.4, -0.2) is 13.1 Å². The largest absolute Gasteiger partial charge is 0.316 e. The van der Waals surface area contributed by atoms with Gasteiger partial charge in [0.15, 0.2) is 0 Å². The Hall–Kier alpha value is -0.0400. The van der Waals surface area contributed by atoms with Gasteiger partial charge in [0.05, 0.1) is 0 Å². The fourth-order valence-corrected chi connectivity index (χ4v) is 3.04. The summed E-state index contributed by atoms with van der Waals surface area (Å²) in [5.41, 5.74) is 0. The van der Waals surface area contributed by atoms with Gasteiger partial charge in [-0.1, -0.05) is 40.0 Å². The van der Waals surface area contributed by atoms with Crippen molar-refractivity contribution < 1.29 is 0 Å². The Bertz CT molecular complexity index is 161. The van der Waals surface area contributed by atoms with Gasteiger partial charge in [0.1, 0.15) is 0 Å². The number of piperidine rings is 1. The Morgan fingerprint density at radius 3 is 2.62 bits per heavy atom. The number of hydrogen-bond donors (Lipinski definition) is 1. The Morgan fingerprint density at radius 1 is 1.25 bits per heavy atom. The highest BCUT2D eigenvalue weighted by Gasteiger charge is 2.18. The van der Waals surface area contributed by atoms with Gasteiger partial charge in [0, 0.05) is 0 Å². The molecule has 0 aromatic carbocycles. The molecule has 1 aliphatic heterocycles. The summed E-state index contributed by atoms with van der Waals surface area (Å²) < 4.78 is 0. The zero-order valence-corrected chi connectivity index (χ0v) is 11.6. The third-order valence-corrected chi connectivity index (χ3v) is 4.45. The maximum atomic E-state index is 3.53. The molecule has 0 spiro atoms. The van der Waals surface area contributed by atoms with Crippen molar-refractivity contribution in [1.29, 1.82) is 0 Å². The van der Waals surface area contributed by atoms with Crippen molar-refractivity contribution in [3.63, 3.8) is 0 Å². The monoisotopic (exact) mass is 225 g/mol. The zero-order chi connectivity index (χ0) is 11.8. The molecule has 0 aromatic heterocycles. The van der Waals surface area contributed by atoms with Gasteiger partial charge >= 0.3 is 0 Å². The van der Waals surface area contributed by atoms with Crippen molar-refractivity contribution in [3.05, 3.63) is 0 Å². The van der Waals surface area contributed by atoms with Crippen LogP contribution in [0.2, 0.25) is 0 Å². The standard InChI is InChI=1S/C15H31N/c1-4-7-15(13(3)5-2)10-9-14-8-6-11-16-12-14/h13-16H,4-12H2,1-3H3. The molecule has 0 aromatic rings. The highest BCUT2D eigenvalue weighted by molar-refractivity contribution is 4.72. The van der Waals surface area contributed by atoms with Crippen LogP contribution in [0, 0.1) is 17.8 Å². The van der Waals surface area contributed by atoms with Crippen molar-refractivity contribution in [1.82, 2.24) is 5.32 Å². The molecule has 1 heteroatoms. The Morgan fingerprint density at radius 2 is 2.06 bits per heavy atom. The van der Waals surface area contributed by atoms with E-state index in [0.717, 1.165) is 17.8 Å². The average Bonchev–Trinajstić information content (AvgIpc) is 2.34. The number of nitrogens with one attached hydrogen (secondary N) is 1. The molecule has 1 saturated heterocycles. The van der Waals surface area contributed by atoms with E-state index >= 15 is 0 Å². The maximum Gasteiger partial charge on any atom is -0.00205 e. The van der Waals surface area contributed by atoms with E-state index in [1.54, 1.807) is 0 Å². The van der Waals surface area contributed by atoms with Crippen molar-refractivity contribution in [2.24, 2.45) is 17.8 Å². The summed E-state index contributed by atoms with van der Waals surface area (Å²) in [6, 6.07) is 0. The second-order valence-corrected chi connectivity index (χ2v) is 5.72. The molecule has 0 bridgehead atoms. The minimum atomic E-state index is 0.927. The molecular weight excluding hydrogens is 194 g/mol. The first-order valence-electron chi connectivity index (χ1n) is 7.48. The first kappa shape index (κ1) is 14.0. The lowest BCUT2D eigenvalue weighted by Gasteiger charge is -2.27. The Labute approximate surface area is 102 Å². The van der Waals surface area contributed by atoms with Crippen LogP contribution < -0.4 is 5.32 Å². The van der Waals surface area contributed by atoms with Crippen LogP contribution in [0.5, 0.6) is 0 Å². The lowest BCUT2D eigenvalue weighted by molar-refractivity contribution is 0.259. The Kier molecular flexibility index (Phi) is 7.11. The minimum Gasteiger partial charge on any atom is -0.316 e. The molecule has 0 aliphatic carbocycles. The van der Waals surface area contributed by atoms with Gasteiger partial charge in [0.25, 0.3) is 0 Å². The van der Waals surface area contributed by atoms with E-state index in [1.165, 1.54) is 58.0 Å². The predicted molar refractivity (Wildman–Crippen MR) is 72.7 cm³/mol. The van der Waals surface area contributed by atoms with Gasteiger partial charge in [-0.2, -0.15) is 0 Å². The van der Waals surface area contributed by atoms with Gasteiger partial charge in [-0.05, 0) is 56.5 Å². The van der Waals surface area contributed by atoms with Gasteiger partial charge in [-0.3, -0.25) is 0 Å². The van der Waals surface area contributed by atoms with Crippen LogP contribution in [0.3, 0.4) is 0 Å². The number of hydrogen-bond acceptors (Lipinski definition) is 1. The van der Waals surface area contributed by atoms with Gasteiger partial charge in [-0.15, -0.1) is 0 Å². The fourth-order valence-electron chi connectivity index (χ4n) is 3.04. The van der Waals surface area contributed by atoms with Crippen molar-refractivity contribution >= 4 is 0 Å². The average molecular weight is 225 g/mol. The second kappa shape index (κ2) is 8.11. The van der Waals surface area contributed by atoms with E-state index in [2.05, 4.69) is 26.1 Å². The molecule has 16 heavy (non-hydrogen) atoms. The van der Waals surface area contributed by atoms with E-state index in [0.29, 0.717) is 0 Å². The van der Waals surface area contributed by atoms with Gasteiger partial charge in [-0.25, -0.2) is 0 Å². The first-order chi connectivity index (χ1) is 7.77. The Balaban J connectivity index is 2.24. The fraction of sp³-hybridized carbons (Fsp3) is 1.00. The lowest BCUT2D eigenvalue weighted by atomic mass is 9.81. The summed E-state index contributed by atoms with van der Waals surface area (Å²) in [5.74, 6) is 2.88. The summed E-state index contributed by atoms with van der Waals surface area (Å²) in [5, 5.41) is 3.53. The smallest absolute Gasteiger partial charge is 0.00205 e. The normalized spacial score (nSPS) is 25.3. The van der Waals surface area contributed by atoms with Gasteiger partial charge in [0.2, 0.25) is 0 Å². The zero-order valence-electron chi connectivity index (χ0n) is 11.6. The van der Waals surface area contributed by atoms with Crippen molar-refractivity contribution in [2.45, 2.75) is 65.7 Å². The van der Waals surface area contributed by atoms with Crippen LogP contribution in [0.25, 0.3) is 0 Å². The van der Waals surface area contributed by atoms with E-state index in [1.807, 2.05) is 0 Å². The molecule has 0 radical (unpaired) electrons.